The molecule has 0 spiro atoms. The summed E-state index contributed by atoms with van der Waals surface area (Å²) in [6.45, 7) is 3.10. The van der Waals surface area contributed by atoms with Crippen molar-refractivity contribution in [3.8, 4) is 22.6 Å². The van der Waals surface area contributed by atoms with Gasteiger partial charge in [-0.15, -0.1) is 0 Å². The molecule has 0 saturated carbocycles. The van der Waals surface area contributed by atoms with E-state index in [0.29, 0.717) is 42.6 Å². The Kier molecular flexibility index (Phi) is 8.96. The Balaban J connectivity index is 1.42. The number of halogens is 1. The number of hydrogen-bond donors (Lipinski definition) is 1. The predicted octanol–water partition coefficient (Wildman–Crippen LogP) is 5.89. The SMILES string of the molecule is CCO[C@@H](Cc1ccc(OCCCOc2ccc(-c3ccccc3)cc2)cc1Cl)C(=O)O. The summed E-state index contributed by atoms with van der Waals surface area (Å²) in [5.41, 5.74) is 3.04. The molecule has 0 aliphatic rings. The van der Waals surface area contributed by atoms with Crippen LogP contribution >= 0.6 is 11.6 Å². The molecule has 0 heterocycles. The molecular weight excluding hydrogens is 428 g/mol. The van der Waals surface area contributed by atoms with Crippen LogP contribution < -0.4 is 9.47 Å². The summed E-state index contributed by atoms with van der Waals surface area (Å²) in [5.74, 6) is 0.451. The molecule has 3 rings (SSSR count). The summed E-state index contributed by atoms with van der Waals surface area (Å²) in [6.07, 6.45) is 0.00733. The van der Waals surface area contributed by atoms with Crippen LogP contribution in [0.25, 0.3) is 11.1 Å². The topological polar surface area (TPSA) is 65.0 Å². The zero-order valence-corrected chi connectivity index (χ0v) is 18.8. The molecule has 32 heavy (non-hydrogen) atoms. The second kappa shape index (κ2) is 12.1. The normalized spacial score (nSPS) is 11.7. The number of rotatable bonds is 12. The average Bonchev–Trinajstić information content (AvgIpc) is 2.81. The lowest BCUT2D eigenvalue weighted by atomic mass is 10.1. The molecule has 0 aliphatic heterocycles. The second-order valence-corrected chi connectivity index (χ2v) is 7.59. The predicted molar refractivity (Wildman–Crippen MR) is 126 cm³/mol. The van der Waals surface area contributed by atoms with E-state index in [0.717, 1.165) is 11.3 Å². The maximum atomic E-state index is 11.3. The van der Waals surface area contributed by atoms with Crippen molar-refractivity contribution < 1.29 is 24.1 Å². The van der Waals surface area contributed by atoms with E-state index in [2.05, 4.69) is 12.1 Å². The smallest absolute Gasteiger partial charge is 0.333 e. The zero-order chi connectivity index (χ0) is 22.8. The van der Waals surface area contributed by atoms with Crippen LogP contribution in [0.2, 0.25) is 5.02 Å². The maximum Gasteiger partial charge on any atom is 0.333 e. The fourth-order valence-electron chi connectivity index (χ4n) is 3.21. The number of aliphatic carboxylic acids is 1. The summed E-state index contributed by atoms with van der Waals surface area (Å²) in [5, 5.41) is 9.68. The second-order valence-electron chi connectivity index (χ2n) is 7.18. The molecule has 168 valence electrons. The minimum atomic E-state index is -1.00. The van der Waals surface area contributed by atoms with Crippen molar-refractivity contribution in [2.24, 2.45) is 0 Å². The molecule has 0 radical (unpaired) electrons. The van der Waals surface area contributed by atoms with Crippen molar-refractivity contribution in [3.63, 3.8) is 0 Å². The van der Waals surface area contributed by atoms with Crippen molar-refractivity contribution in [3.05, 3.63) is 83.4 Å². The maximum absolute atomic E-state index is 11.3. The molecule has 0 aromatic heterocycles. The van der Waals surface area contributed by atoms with Crippen molar-refractivity contribution in [2.45, 2.75) is 25.9 Å². The Morgan fingerprint density at radius 2 is 1.53 bits per heavy atom. The van der Waals surface area contributed by atoms with Crippen LogP contribution in [-0.4, -0.2) is 37.0 Å². The van der Waals surface area contributed by atoms with Gasteiger partial charge < -0.3 is 19.3 Å². The number of ether oxygens (including phenoxy) is 3. The Bertz CT molecular complexity index is 989. The molecule has 0 fully saturated rings. The lowest BCUT2D eigenvalue weighted by molar-refractivity contribution is -0.149. The average molecular weight is 455 g/mol. The monoisotopic (exact) mass is 454 g/mol. The van der Waals surface area contributed by atoms with E-state index >= 15 is 0 Å². The highest BCUT2D eigenvalue weighted by Gasteiger charge is 2.19. The first-order valence-corrected chi connectivity index (χ1v) is 11.0. The number of benzene rings is 3. The first kappa shape index (κ1) is 23.6. The van der Waals surface area contributed by atoms with Gasteiger partial charge in [-0.05, 0) is 47.9 Å². The summed E-state index contributed by atoms with van der Waals surface area (Å²) in [6, 6.07) is 23.5. The first-order valence-electron chi connectivity index (χ1n) is 10.6. The van der Waals surface area contributed by atoms with Crippen LogP contribution in [0.3, 0.4) is 0 Å². The van der Waals surface area contributed by atoms with Crippen molar-refractivity contribution in [1.29, 1.82) is 0 Å². The van der Waals surface area contributed by atoms with Crippen molar-refractivity contribution in [2.75, 3.05) is 19.8 Å². The van der Waals surface area contributed by atoms with Gasteiger partial charge in [-0.3, -0.25) is 0 Å². The van der Waals surface area contributed by atoms with E-state index in [4.69, 9.17) is 25.8 Å². The third kappa shape index (κ3) is 7.01. The van der Waals surface area contributed by atoms with E-state index in [1.165, 1.54) is 5.56 Å². The molecule has 0 unspecified atom stereocenters. The third-order valence-corrected chi connectivity index (χ3v) is 5.21. The highest BCUT2D eigenvalue weighted by Crippen LogP contribution is 2.25. The number of hydrogen-bond acceptors (Lipinski definition) is 4. The van der Waals surface area contributed by atoms with Crippen LogP contribution in [0.15, 0.2) is 72.8 Å². The molecule has 0 amide bonds. The van der Waals surface area contributed by atoms with Crippen LogP contribution in [0.1, 0.15) is 18.9 Å². The summed E-state index contributed by atoms with van der Waals surface area (Å²) >= 11 is 6.30. The first-order chi connectivity index (χ1) is 15.6. The van der Waals surface area contributed by atoms with Crippen LogP contribution in [-0.2, 0) is 16.0 Å². The lowest BCUT2D eigenvalue weighted by Gasteiger charge is -2.14. The molecule has 3 aromatic carbocycles. The molecule has 0 bridgehead atoms. The van der Waals surface area contributed by atoms with Gasteiger partial charge in [-0.25, -0.2) is 4.79 Å². The van der Waals surface area contributed by atoms with Gasteiger partial charge in [-0.2, -0.15) is 0 Å². The van der Waals surface area contributed by atoms with Gasteiger partial charge >= 0.3 is 5.97 Å². The lowest BCUT2D eigenvalue weighted by Crippen LogP contribution is -2.26. The Morgan fingerprint density at radius 1 is 0.906 bits per heavy atom. The Hall–Kier alpha value is -3.02. The van der Waals surface area contributed by atoms with Crippen LogP contribution in [0.4, 0.5) is 0 Å². The molecule has 1 N–H and O–H groups in total. The van der Waals surface area contributed by atoms with Gasteiger partial charge in [0.15, 0.2) is 6.10 Å². The molecular formula is C26H27ClO5. The van der Waals surface area contributed by atoms with Crippen molar-refractivity contribution in [1.82, 2.24) is 0 Å². The standard InChI is InChI=1S/C26H27ClO5/c1-2-30-25(26(28)29)17-21-11-14-23(18-24(21)27)32-16-6-15-31-22-12-9-20(10-13-22)19-7-4-3-5-8-19/h3-5,7-14,18,25H,2,6,15-17H2,1H3,(H,28,29)/t25-/m0/s1. The highest BCUT2D eigenvalue weighted by molar-refractivity contribution is 6.31. The molecule has 1 atom stereocenters. The van der Waals surface area contributed by atoms with E-state index in [9.17, 15) is 9.90 Å². The fourth-order valence-corrected chi connectivity index (χ4v) is 3.46. The Morgan fingerprint density at radius 3 is 2.16 bits per heavy atom. The third-order valence-electron chi connectivity index (χ3n) is 4.86. The molecule has 0 saturated heterocycles. The molecule has 6 heteroatoms. The fraction of sp³-hybridized carbons (Fsp3) is 0.269. The quantitative estimate of drug-likeness (QED) is 0.346. The Labute approximate surface area is 193 Å². The van der Waals surface area contributed by atoms with E-state index in [1.807, 2.05) is 42.5 Å². The van der Waals surface area contributed by atoms with Crippen LogP contribution in [0, 0.1) is 0 Å². The number of carboxylic acid groups (broad SMARTS) is 1. The summed E-state index contributed by atoms with van der Waals surface area (Å²) in [4.78, 5) is 11.3. The molecule has 5 nitrogen and oxygen atoms in total. The number of carbonyl (C=O) groups is 1. The van der Waals surface area contributed by atoms with Gasteiger partial charge in [0, 0.05) is 24.5 Å². The van der Waals surface area contributed by atoms with Gasteiger partial charge in [0.2, 0.25) is 0 Å². The van der Waals surface area contributed by atoms with Crippen LogP contribution in [0.5, 0.6) is 11.5 Å². The molecule has 0 aliphatic carbocycles. The van der Waals surface area contributed by atoms with E-state index in [1.54, 1.807) is 25.1 Å². The zero-order valence-electron chi connectivity index (χ0n) is 18.0. The largest absolute Gasteiger partial charge is 0.493 e. The van der Waals surface area contributed by atoms with E-state index in [-0.39, 0.29) is 6.42 Å². The van der Waals surface area contributed by atoms with Gasteiger partial charge in [0.25, 0.3) is 0 Å². The summed E-state index contributed by atoms with van der Waals surface area (Å²) < 4.78 is 16.8. The van der Waals surface area contributed by atoms with Gasteiger partial charge in [-0.1, -0.05) is 60.1 Å². The van der Waals surface area contributed by atoms with E-state index < -0.39 is 12.1 Å². The summed E-state index contributed by atoms with van der Waals surface area (Å²) in [7, 11) is 0. The minimum Gasteiger partial charge on any atom is -0.493 e. The number of carboxylic acids is 1. The van der Waals surface area contributed by atoms with Gasteiger partial charge in [0.1, 0.15) is 11.5 Å². The van der Waals surface area contributed by atoms with Crippen molar-refractivity contribution >= 4 is 17.6 Å². The van der Waals surface area contributed by atoms with Gasteiger partial charge in [0.05, 0.1) is 13.2 Å². The minimum absolute atomic E-state index is 0.208. The molecule has 3 aromatic rings. The highest BCUT2D eigenvalue weighted by atomic mass is 35.5.